The van der Waals surface area contributed by atoms with Gasteiger partial charge in [0, 0.05) is 0 Å². The van der Waals surface area contributed by atoms with Crippen molar-refractivity contribution in [3.8, 4) is 0 Å². The Morgan fingerprint density at radius 3 is 2.74 bits per heavy atom. The molecule has 0 bridgehead atoms. The van der Waals surface area contributed by atoms with E-state index in [1.54, 1.807) is 0 Å². The maximum absolute atomic E-state index is 10.2. The van der Waals surface area contributed by atoms with E-state index in [1.807, 2.05) is 30.3 Å². The summed E-state index contributed by atoms with van der Waals surface area (Å²) in [6, 6.07) is 9.62. The molecule has 0 amide bonds. The average molecular weight is 375 g/mol. The first-order valence-electron chi connectivity index (χ1n) is 8.56. The van der Waals surface area contributed by atoms with Crippen molar-refractivity contribution in [3.63, 3.8) is 0 Å². The first-order valence-corrected chi connectivity index (χ1v) is 8.56. The Balaban J connectivity index is 1.49. The molecule has 1 fully saturated rings. The van der Waals surface area contributed by atoms with Gasteiger partial charge in [-0.2, -0.15) is 0 Å². The molecule has 2 aromatic rings. The largest absolute Gasteiger partial charge is 0.394 e. The molecule has 3 heterocycles. The highest BCUT2D eigenvalue weighted by Crippen LogP contribution is 2.34. The minimum absolute atomic E-state index is 0.0742. The second-order valence-electron chi connectivity index (χ2n) is 6.40. The zero-order chi connectivity index (χ0) is 19.0. The molecule has 1 aromatic carbocycles. The van der Waals surface area contributed by atoms with Crippen molar-refractivity contribution < 1.29 is 24.9 Å². The topological polar surface area (TPSA) is 136 Å². The van der Waals surface area contributed by atoms with Gasteiger partial charge in [0.15, 0.2) is 12.1 Å². The van der Waals surface area contributed by atoms with Crippen LogP contribution >= 0.6 is 0 Å². The summed E-state index contributed by atoms with van der Waals surface area (Å²) in [5, 5.41) is 42.2. The zero-order valence-electron chi connectivity index (χ0n) is 14.4. The van der Waals surface area contributed by atoms with Crippen LogP contribution in [0.3, 0.4) is 0 Å². The number of hydroxylamine groups is 2. The van der Waals surface area contributed by atoms with Crippen LogP contribution in [0, 0.1) is 5.41 Å². The van der Waals surface area contributed by atoms with Gasteiger partial charge in [-0.25, -0.2) is 10.0 Å². The highest BCUT2D eigenvalue weighted by molar-refractivity contribution is 5.99. The predicted molar refractivity (Wildman–Crippen MR) is 93.6 cm³/mol. The zero-order valence-corrected chi connectivity index (χ0v) is 14.4. The fraction of sp³-hybridized carbons (Fsp3) is 0.412. The van der Waals surface area contributed by atoms with E-state index >= 15 is 0 Å². The lowest BCUT2D eigenvalue weighted by molar-refractivity contribution is -0.108. The number of hydrogen-bond donors (Lipinski definition) is 5. The molecule has 0 spiro atoms. The quantitative estimate of drug-likeness (QED) is 0.478. The summed E-state index contributed by atoms with van der Waals surface area (Å²) in [7, 11) is 0. The number of hydrogen-bond acceptors (Lipinski definition) is 8. The van der Waals surface area contributed by atoms with Crippen LogP contribution in [0.1, 0.15) is 17.5 Å². The molecule has 10 nitrogen and oxygen atoms in total. The van der Waals surface area contributed by atoms with Crippen molar-refractivity contribution >= 4 is 11.7 Å². The number of ether oxygens (including phenoxy) is 1. The number of fused-ring (bicyclic) bond motifs is 1. The Hall–Kier alpha value is -2.50. The second kappa shape index (κ2) is 7.25. The number of aromatic nitrogens is 2. The number of nitrogens with one attached hydrogen (secondary N) is 2. The van der Waals surface area contributed by atoms with Gasteiger partial charge < -0.3 is 25.4 Å². The summed E-state index contributed by atoms with van der Waals surface area (Å²) in [4.78, 5) is 9.91. The van der Waals surface area contributed by atoms with Gasteiger partial charge >= 0.3 is 0 Å². The van der Waals surface area contributed by atoms with Crippen molar-refractivity contribution in [2.75, 3.05) is 18.6 Å². The van der Waals surface area contributed by atoms with E-state index in [-0.39, 0.29) is 12.5 Å². The molecule has 5 N–H and O–H groups in total. The third-order valence-electron chi connectivity index (χ3n) is 4.68. The van der Waals surface area contributed by atoms with Crippen LogP contribution in [0.15, 0.2) is 36.7 Å². The molecular formula is C17H21N5O5. The van der Waals surface area contributed by atoms with E-state index in [0.717, 1.165) is 5.56 Å². The van der Waals surface area contributed by atoms with Crippen molar-refractivity contribution in [1.29, 1.82) is 5.41 Å². The van der Waals surface area contributed by atoms with Gasteiger partial charge in [-0.15, -0.1) is 0 Å². The van der Waals surface area contributed by atoms with Crippen LogP contribution in [-0.2, 0) is 16.2 Å². The lowest BCUT2D eigenvalue weighted by Gasteiger charge is -2.30. The van der Waals surface area contributed by atoms with Gasteiger partial charge in [-0.05, 0) is 5.56 Å². The Kier molecular flexibility index (Phi) is 4.81. The summed E-state index contributed by atoms with van der Waals surface area (Å²) in [5.41, 5.74) is 1.32. The van der Waals surface area contributed by atoms with Crippen molar-refractivity contribution in [2.45, 2.75) is 31.1 Å². The highest BCUT2D eigenvalue weighted by atomic mass is 16.7. The van der Waals surface area contributed by atoms with Gasteiger partial charge in [0.1, 0.15) is 43.1 Å². The Morgan fingerprint density at radius 2 is 2.04 bits per heavy atom. The smallest absolute Gasteiger partial charge is 0.176 e. The average Bonchev–Trinajstić information content (AvgIpc) is 3.24. The maximum Gasteiger partial charge on any atom is 0.176 e. The van der Waals surface area contributed by atoms with E-state index in [9.17, 15) is 15.3 Å². The number of imidazole rings is 1. The number of anilines is 1. The summed E-state index contributed by atoms with van der Waals surface area (Å²) in [5.74, 6) is 0.555. The summed E-state index contributed by atoms with van der Waals surface area (Å²) in [6.07, 6.45) is -2.79. The number of rotatable bonds is 5. The summed E-state index contributed by atoms with van der Waals surface area (Å²) < 4.78 is 7.05. The van der Waals surface area contributed by atoms with E-state index in [0.29, 0.717) is 18.1 Å². The minimum Gasteiger partial charge on any atom is -0.394 e. The first kappa shape index (κ1) is 17.9. The van der Waals surface area contributed by atoms with Crippen molar-refractivity contribution in [3.05, 3.63) is 47.9 Å². The lowest BCUT2D eigenvalue weighted by Crippen LogP contribution is -2.41. The maximum atomic E-state index is 10.2. The minimum atomic E-state index is -1.22. The fourth-order valence-corrected chi connectivity index (χ4v) is 3.19. The molecule has 4 rings (SSSR count). The molecule has 1 aromatic heterocycles. The van der Waals surface area contributed by atoms with E-state index in [1.165, 1.54) is 16.0 Å². The number of benzene rings is 1. The first-order chi connectivity index (χ1) is 13.1. The van der Waals surface area contributed by atoms with Crippen LogP contribution < -0.4 is 5.32 Å². The highest BCUT2D eigenvalue weighted by Gasteiger charge is 2.44. The van der Waals surface area contributed by atoms with Crippen molar-refractivity contribution in [2.24, 2.45) is 0 Å². The van der Waals surface area contributed by atoms with Crippen LogP contribution in [-0.4, -0.2) is 67.4 Å². The molecule has 10 heteroatoms. The molecule has 0 aliphatic carbocycles. The van der Waals surface area contributed by atoms with Crippen LogP contribution in [0.5, 0.6) is 0 Å². The molecule has 2 aliphatic rings. The monoisotopic (exact) mass is 375 g/mol. The lowest BCUT2D eigenvalue weighted by atomic mass is 10.1. The third-order valence-corrected chi connectivity index (χ3v) is 4.68. The third kappa shape index (κ3) is 3.17. The molecule has 0 unspecified atom stereocenters. The number of amidine groups is 1. The summed E-state index contributed by atoms with van der Waals surface area (Å²) in [6.45, 7) is 0.116. The van der Waals surface area contributed by atoms with Gasteiger partial charge in [0.05, 0.1) is 12.9 Å². The van der Waals surface area contributed by atoms with Crippen molar-refractivity contribution in [1.82, 2.24) is 14.6 Å². The SMILES string of the molecule is N=C1c2ncn([C@@H]3O[C@H](CO)[C@@H](O)[C@H]3O)c2NCN1OCc1ccccc1. The van der Waals surface area contributed by atoms with Gasteiger partial charge in [0.25, 0.3) is 0 Å². The van der Waals surface area contributed by atoms with Gasteiger partial charge in [-0.1, -0.05) is 30.3 Å². The standard InChI is InChI=1S/C17H21N5O5/c18-15-12-16(20-9-22(15)26-7-10-4-2-1-3-5-10)21(8-19-12)17-14(25)13(24)11(6-23)27-17/h1-5,8,11,13-14,17-18,20,23-25H,6-7,9H2/t11-,13-,14-,17-/m1/s1. The Bertz CT molecular complexity index is 813. The summed E-state index contributed by atoms with van der Waals surface area (Å²) >= 11 is 0. The molecule has 144 valence electrons. The van der Waals surface area contributed by atoms with E-state index < -0.39 is 31.1 Å². The molecule has 27 heavy (non-hydrogen) atoms. The van der Waals surface area contributed by atoms with Gasteiger partial charge in [0.2, 0.25) is 0 Å². The molecule has 0 radical (unpaired) electrons. The molecular weight excluding hydrogens is 354 g/mol. The predicted octanol–water partition coefficient (Wildman–Crippen LogP) is -0.363. The molecule has 4 atom stereocenters. The number of nitrogens with zero attached hydrogens (tertiary/aromatic N) is 3. The van der Waals surface area contributed by atoms with Gasteiger partial charge in [-0.3, -0.25) is 14.8 Å². The molecule has 0 saturated carbocycles. The van der Waals surface area contributed by atoms with Crippen LogP contribution in [0.2, 0.25) is 0 Å². The van der Waals surface area contributed by atoms with E-state index in [4.69, 9.17) is 15.0 Å². The fourth-order valence-electron chi connectivity index (χ4n) is 3.19. The van der Waals surface area contributed by atoms with E-state index in [2.05, 4.69) is 10.3 Å². The number of aliphatic hydroxyl groups is 3. The second-order valence-corrected chi connectivity index (χ2v) is 6.40. The normalized spacial score (nSPS) is 27.5. The number of aliphatic hydroxyl groups excluding tert-OH is 3. The Morgan fingerprint density at radius 1 is 1.26 bits per heavy atom. The van der Waals surface area contributed by atoms with Crippen LogP contribution in [0.4, 0.5) is 5.82 Å². The molecule has 2 aliphatic heterocycles. The molecule has 1 saturated heterocycles. The Labute approximate surface area is 155 Å². The van der Waals surface area contributed by atoms with Crippen LogP contribution in [0.25, 0.3) is 0 Å².